The van der Waals surface area contributed by atoms with E-state index in [-0.39, 0.29) is 6.04 Å². The molecule has 0 fully saturated rings. The van der Waals surface area contributed by atoms with Crippen LogP contribution in [0.3, 0.4) is 0 Å². The van der Waals surface area contributed by atoms with Gasteiger partial charge in [0, 0.05) is 12.6 Å². The first-order chi connectivity index (χ1) is 7.70. The standard InChI is InChI=1S/C14H22N2/c1-4-5-9-16-14(10-15)13-8-6-7-11(2)12(13)3/h4,6-8,14,16H,1,5,9-10,15H2,2-3H3. The monoisotopic (exact) mass is 218 g/mol. The predicted molar refractivity (Wildman–Crippen MR) is 70.5 cm³/mol. The number of hydrogen-bond acceptors (Lipinski definition) is 2. The molecule has 1 aromatic carbocycles. The average Bonchev–Trinajstić information content (AvgIpc) is 2.29. The maximum atomic E-state index is 5.82. The highest BCUT2D eigenvalue weighted by Crippen LogP contribution is 2.19. The lowest BCUT2D eigenvalue weighted by Gasteiger charge is -2.20. The second-order valence-electron chi connectivity index (χ2n) is 4.11. The van der Waals surface area contributed by atoms with Crippen molar-refractivity contribution >= 4 is 0 Å². The molecular formula is C14H22N2. The summed E-state index contributed by atoms with van der Waals surface area (Å²) in [5.41, 5.74) is 9.79. The minimum Gasteiger partial charge on any atom is -0.329 e. The van der Waals surface area contributed by atoms with E-state index in [9.17, 15) is 0 Å². The molecule has 1 rings (SSSR count). The highest BCUT2D eigenvalue weighted by atomic mass is 14.9. The van der Waals surface area contributed by atoms with Gasteiger partial charge < -0.3 is 11.1 Å². The summed E-state index contributed by atoms with van der Waals surface area (Å²) in [4.78, 5) is 0. The lowest BCUT2D eigenvalue weighted by atomic mass is 9.97. The second-order valence-corrected chi connectivity index (χ2v) is 4.11. The van der Waals surface area contributed by atoms with Crippen LogP contribution in [-0.2, 0) is 0 Å². The topological polar surface area (TPSA) is 38.0 Å². The van der Waals surface area contributed by atoms with Crippen molar-refractivity contribution in [3.05, 3.63) is 47.5 Å². The van der Waals surface area contributed by atoms with Gasteiger partial charge in [-0.15, -0.1) is 6.58 Å². The highest BCUT2D eigenvalue weighted by molar-refractivity contribution is 5.35. The van der Waals surface area contributed by atoms with Crippen LogP contribution in [0.5, 0.6) is 0 Å². The summed E-state index contributed by atoms with van der Waals surface area (Å²) in [6.45, 7) is 9.56. The Labute approximate surface area is 98.6 Å². The van der Waals surface area contributed by atoms with Crippen LogP contribution in [0.1, 0.15) is 29.2 Å². The summed E-state index contributed by atoms with van der Waals surface area (Å²) in [6, 6.07) is 6.63. The number of nitrogens with two attached hydrogens (primary N) is 1. The van der Waals surface area contributed by atoms with E-state index in [1.165, 1.54) is 16.7 Å². The third-order valence-electron chi connectivity index (χ3n) is 3.00. The van der Waals surface area contributed by atoms with Crippen molar-refractivity contribution in [3.8, 4) is 0 Å². The van der Waals surface area contributed by atoms with Gasteiger partial charge in [-0.05, 0) is 43.5 Å². The van der Waals surface area contributed by atoms with Crippen molar-refractivity contribution in [2.75, 3.05) is 13.1 Å². The van der Waals surface area contributed by atoms with E-state index in [0.717, 1.165) is 13.0 Å². The Balaban J connectivity index is 2.78. The zero-order valence-corrected chi connectivity index (χ0v) is 10.3. The summed E-state index contributed by atoms with van der Waals surface area (Å²) in [5, 5.41) is 3.46. The molecule has 1 atom stereocenters. The van der Waals surface area contributed by atoms with Crippen LogP contribution in [0.25, 0.3) is 0 Å². The van der Waals surface area contributed by atoms with Gasteiger partial charge in [0.15, 0.2) is 0 Å². The minimum atomic E-state index is 0.250. The average molecular weight is 218 g/mol. The Bertz CT molecular complexity index is 345. The molecule has 2 heteroatoms. The molecule has 16 heavy (non-hydrogen) atoms. The third-order valence-corrected chi connectivity index (χ3v) is 3.00. The fourth-order valence-electron chi connectivity index (χ4n) is 1.83. The van der Waals surface area contributed by atoms with E-state index in [1.54, 1.807) is 0 Å². The van der Waals surface area contributed by atoms with Gasteiger partial charge in [0.05, 0.1) is 0 Å². The molecule has 0 spiro atoms. The normalized spacial score (nSPS) is 12.4. The van der Waals surface area contributed by atoms with Gasteiger partial charge in [-0.2, -0.15) is 0 Å². The number of benzene rings is 1. The van der Waals surface area contributed by atoms with Gasteiger partial charge in [0.1, 0.15) is 0 Å². The van der Waals surface area contributed by atoms with E-state index in [0.29, 0.717) is 6.54 Å². The molecule has 0 aliphatic carbocycles. The smallest absolute Gasteiger partial charge is 0.0447 e. The first kappa shape index (κ1) is 12.9. The molecule has 0 saturated carbocycles. The number of rotatable bonds is 6. The van der Waals surface area contributed by atoms with Gasteiger partial charge in [-0.1, -0.05) is 24.3 Å². The van der Waals surface area contributed by atoms with Crippen molar-refractivity contribution in [1.82, 2.24) is 5.32 Å². The fourth-order valence-corrected chi connectivity index (χ4v) is 1.83. The fraction of sp³-hybridized carbons (Fsp3) is 0.429. The Morgan fingerprint density at radius 1 is 1.44 bits per heavy atom. The van der Waals surface area contributed by atoms with E-state index >= 15 is 0 Å². The van der Waals surface area contributed by atoms with Gasteiger partial charge in [-0.3, -0.25) is 0 Å². The van der Waals surface area contributed by atoms with Gasteiger partial charge in [0.2, 0.25) is 0 Å². The van der Waals surface area contributed by atoms with Gasteiger partial charge >= 0.3 is 0 Å². The summed E-state index contributed by atoms with van der Waals surface area (Å²) in [7, 11) is 0. The predicted octanol–water partition coefficient (Wildman–Crippen LogP) is 2.47. The Morgan fingerprint density at radius 2 is 2.19 bits per heavy atom. The molecule has 0 saturated heterocycles. The highest BCUT2D eigenvalue weighted by Gasteiger charge is 2.11. The number of hydrogen-bond donors (Lipinski definition) is 2. The van der Waals surface area contributed by atoms with Crippen LogP contribution in [0, 0.1) is 13.8 Å². The molecule has 0 aliphatic rings. The molecule has 2 nitrogen and oxygen atoms in total. The zero-order valence-electron chi connectivity index (χ0n) is 10.3. The summed E-state index contributed by atoms with van der Waals surface area (Å²) < 4.78 is 0. The molecule has 0 amide bonds. The van der Waals surface area contributed by atoms with E-state index in [2.05, 4.69) is 43.9 Å². The van der Waals surface area contributed by atoms with Crippen molar-refractivity contribution in [2.45, 2.75) is 26.3 Å². The summed E-state index contributed by atoms with van der Waals surface area (Å²) >= 11 is 0. The van der Waals surface area contributed by atoms with Crippen molar-refractivity contribution in [1.29, 1.82) is 0 Å². The molecule has 88 valence electrons. The van der Waals surface area contributed by atoms with E-state index in [4.69, 9.17) is 5.73 Å². The molecule has 3 N–H and O–H groups in total. The largest absolute Gasteiger partial charge is 0.329 e. The first-order valence-electron chi connectivity index (χ1n) is 5.81. The Kier molecular flexibility index (Phi) is 5.23. The van der Waals surface area contributed by atoms with Crippen LogP contribution in [-0.4, -0.2) is 13.1 Å². The molecule has 0 aromatic heterocycles. The maximum absolute atomic E-state index is 5.82. The molecule has 0 radical (unpaired) electrons. The zero-order chi connectivity index (χ0) is 12.0. The maximum Gasteiger partial charge on any atom is 0.0447 e. The number of nitrogens with one attached hydrogen (secondary N) is 1. The number of aryl methyl sites for hydroxylation is 1. The van der Waals surface area contributed by atoms with Crippen molar-refractivity contribution in [2.24, 2.45) is 5.73 Å². The molecule has 1 aromatic rings. The molecule has 1 unspecified atom stereocenters. The lowest BCUT2D eigenvalue weighted by molar-refractivity contribution is 0.546. The van der Waals surface area contributed by atoms with Crippen LogP contribution < -0.4 is 11.1 Å². The summed E-state index contributed by atoms with van der Waals surface area (Å²) in [6.07, 6.45) is 2.89. The van der Waals surface area contributed by atoms with E-state index < -0.39 is 0 Å². The van der Waals surface area contributed by atoms with Crippen LogP contribution in [0.4, 0.5) is 0 Å². The van der Waals surface area contributed by atoms with Crippen molar-refractivity contribution in [3.63, 3.8) is 0 Å². The first-order valence-corrected chi connectivity index (χ1v) is 5.81. The minimum absolute atomic E-state index is 0.250. The van der Waals surface area contributed by atoms with Crippen LogP contribution in [0.15, 0.2) is 30.9 Å². The second kappa shape index (κ2) is 6.46. The molecule has 0 aliphatic heterocycles. The van der Waals surface area contributed by atoms with Gasteiger partial charge in [0.25, 0.3) is 0 Å². The lowest BCUT2D eigenvalue weighted by Crippen LogP contribution is -2.29. The van der Waals surface area contributed by atoms with Crippen LogP contribution >= 0.6 is 0 Å². The van der Waals surface area contributed by atoms with E-state index in [1.807, 2.05) is 6.08 Å². The Hall–Kier alpha value is -1.12. The Morgan fingerprint density at radius 3 is 2.81 bits per heavy atom. The molecule has 0 bridgehead atoms. The quantitative estimate of drug-likeness (QED) is 0.568. The molecule has 0 heterocycles. The van der Waals surface area contributed by atoms with Crippen LogP contribution in [0.2, 0.25) is 0 Å². The summed E-state index contributed by atoms with van der Waals surface area (Å²) in [5.74, 6) is 0. The molecular weight excluding hydrogens is 196 g/mol. The van der Waals surface area contributed by atoms with Gasteiger partial charge in [-0.25, -0.2) is 0 Å². The third kappa shape index (κ3) is 3.19. The van der Waals surface area contributed by atoms with Crippen molar-refractivity contribution < 1.29 is 0 Å². The SMILES string of the molecule is C=CCCNC(CN)c1cccc(C)c1C.